The summed E-state index contributed by atoms with van der Waals surface area (Å²) in [6.07, 6.45) is 28.5. The molecule has 6 nitrogen and oxygen atoms in total. The van der Waals surface area contributed by atoms with Gasteiger partial charge in [0.05, 0.1) is 7.11 Å². The molecule has 0 bridgehead atoms. The standard InChI is InChI=1S/C32H47NO5/c1-4-6-7-8-9-10-11-12-13-14-15-16-17-18-19-20-21-22-25-38-30(5-2)31(35)33-27-23-24-29(34)28(26-27)32(36)37-3/h6-7,9-10,12-13,15-16,23-24,26,30,34H,4-5,8,11,14,17-22,25H2,1-3H3,(H,33,35)/b7-6-,10-9-,13-12-,16-15-. The minimum Gasteiger partial charge on any atom is -0.507 e. The molecule has 1 unspecified atom stereocenters. The van der Waals surface area contributed by atoms with E-state index in [-0.39, 0.29) is 17.2 Å². The van der Waals surface area contributed by atoms with Crippen molar-refractivity contribution in [1.82, 2.24) is 0 Å². The molecular formula is C32H47NO5. The van der Waals surface area contributed by atoms with Crippen LogP contribution in [0.5, 0.6) is 5.75 Å². The molecule has 0 radical (unpaired) electrons. The molecule has 210 valence electrons. The predicted molar refractivity (Wildman–Crippen MR) is 157 cm³/mol. The highest BCUT2D eigenvalue weighted by atomic mass is 16.5. The lowest BCUT2D eigenvalue weighted by atomic mass is 10.1. The van der Waals surface area contributed by atoms with Crippen molar-refractivity contribution >= 4 is 17.6 Å². The number of aromatic hydroxyl groups is 1. The number of carbonyl (C=O) groups is 2. The van der Waals surface area contributed by atoms with Crippen LogP contribution in [-0.2, 0) is 14.3 Å². The molecule has 6 heteroatoms. The highest BCUT2D eigenvalue weighted by Crippen LogP contribution is 2.22. The minimum atomic E-state index is -0.666. The van der Waals surface area contributed by atoms with Crippen LogP contribution in [0.4, 0.5) is 5.69 Å². The maximum atomic E-state index is 12.6. The van der Waals surface area contributed by atoms with E-state index in [1.165, 1.54) is 38.2 Å². The number of phenolic OH excluding ortho intramolecular Hbond substituents is 1. The Morgan fingerprint density at radius 1 is 0.868 bits per heavy atom. The summed E-state index contributed by atoms with van der Waals surface area (Å²) in [5, 5.41) is 12.6. The summed E-state index contributed by atoms with van der Waals surface area (Å²) in [6, 6.07) is 4.28. The van der Waals surface area contributed by atoms with E-state index in [4.69, 9.17) is 4.74 Å². The van der Waals surface area contributed by atoms with Crippen molar-refractivity contribution in [2.45, 2.75) is 90.6 Å². The number of esters is 1. The van der Waals surface area contributed by atoms with Gasteiger partial charge in [-0.1, -0.05) is 81.7 Å². The SMILES string of the molecule is CC/C=C\C/C=C\C/C=C\C/C=C\CCCCCCCOC(CC)C(=O)Nc1ccc(O)c(C(=O)OC)c1. The molecule has 1 amide bonds. The molecule has 1 atom stereocenters. The number of phenols is 1. The van der Waals surface area contributed by atoms with E-state index in [1.807, 2.05) is 6.92 Å². The number of anilines is 1. The average molecular weight is 526 g/mol. The van der Waals surface area contributed by atoms with Gasteiger partial charge in [-0.25, -0.2) is 4.79 Å². The Balaban J connectivity index is 2.12. The molecule has 0 aliphatic rings. The number of amides is 1. The van der Waals surface area contributed by atoms with Crippen LogP contribution in [0.25, 0.3) is 0 Å². The van der Waals surface area contributed by atoms with Crippen LogP contribution < -0.4 is 5.32 Å². The van der Waals surface area contributed by atoms with E-state index in [0.29, 0.717) is 18.7 Å². The lowest BCUT2D eigenvalue weighted by Crippen LogP contribution is -2.30. The number of nitrogens with one attached hydrogen (secondary N) is 1. The number of hydrogen-bond acceptors (Lipinski definition) is 5. The van der Waals surface area contributed by atoms with E-state index >= 15 is 0 Å². The van der Waals surface area contributed by atoms with E-state index < -0.39 is 12.1 Å². The zero-order chi connectivity index (χ0) is 27.8. The van der Waals surface area contributed by atoms with Crippen molar-refractivity contribution in [3.63, 3.8) is 0 Å². The lowest BCUT2D eigenvalue weighted by Gasteiger charge is -2.16. The average Bonchev–Trinajstić information content (AvgIpc) is 2.92. The molecule has 1 aromatic carbocycles. The summed E-state index contributed by atoms with van der Waals surface area (Å²) in [7, 11) is 1.24. The third-order valence-corrected chi connectivity index (χ3v) is 5.89. The molecule has 0 aliphatic carbocycles. The first-order chi connectivity index (χ1) is 18.5. The van der Waals surface area contributed by atoms with Crippen molar-refractivity contribution in [1.29, 1.82) is 0 Å². The Morgan fingerprint density at radius 3 is 2.11 bits per heavy atom. The lowest BCUT2D eigenvalue weighted by molar-refractivity contribution is -0.127. The second-order valence-electron chi connectivity index (χ2n) is 9.04. The van der Waals surface area contributed by atoms with Crippen LogP contribution in [0.2, 0.25) is 0 Å². The minimum absolute atomic E-state index is 0.00116. The fraction of sp³-hybridized carbons (Fsp3) is 0.500. The van der Waals surface area contributed by atoms with Crippen LogP contribution in [0.15, 0.2) is 66.8 Å². The van der Waals surface area contributed by atoms with Crippen molar-refractivity contribution in [2.24, 2.45) is 0 Å². The summed E-state index contributed by atoms with van der Waals surface area (Å²) in [6.45, 7) is 4.58. The largest absolute Gasteiger partial charge is 0.507 e. The van der Waals surface area contributed by atoms with Gasteiger partial charge in [0.15, 0.2) is 0 Å². The van der Waals surface area contributed by atoms with Crippen LogP contribution in [0.3, 0.4) is 0 Å². The third kappa shape index (κ3) is 15.2. The second kappa shape index (κ2) is 21.9. The number of carbonyl (C=O) groups excluding carboxylic acids is 2. The van der Waals surface area contributed by atoms with E-state index in [9.17, 15) is 14.7 Å². The van der Waals surface area contributed by atoms with Gasteiger partial charge in [0.1, 0.15) is 17.4 Å². The molecule has 0 spiro atoms. The Kier molecular flexibility index (Phi) is 19.0. The van der Waals surface area contributed by atoms with Gasteiger partial charge in [0, 0.05) is 12.3 Å². The van der Waals surface area contributed by atoms with Gasteiger partial charge in [0.2, 0.25) is 0 Å². The molecule has 0 aliphatic heterocycles. The summed E-state index contributed by atoms with van der Waals surface area (Å²) >= 11 is 0. The first-order valence-electron chi connectivity index (χ1n) is 14.0. The molecule has 1 rings (SSSR count). The van der Waals surface area contributed by atoms with Crippen LogP contribution >= 0.6 is 0 Å². The highest BCUT2D eigenvalue weighted by Gasteiger charge is 2.19. The van der Waals surface area contributed by atoms with Crippen LogP contribution in [0.1, 0.15) is 94.8 Å². The number of benzene rings is 1. The second-order valence-corrected chi connectivity index (χ2v) is 9.04. The van der Waals surface area contributed by atoms with Gasteiger partial charge in [0.25, 0.3) is 5.91 Å². The topological polar surface area (TPSA) is 84.9 Å². The Hall–Kier alpha value is -3.12. The Labute approximate surface area is 229 Å². The maximum Gasteiger partial charge on any atom is 0.341 e. The van der Waals surface area contributed by atoms with Crippen LogP contribution in [-0.4, -0.2) is 36.8 Å². The van der Waals surface area contributed by atoms with E-state index in [1.54, 1.807) is 0 Å². The smallest absolute Gasteiger partial charge is 0.341 e. The van der Waals surface area contributed by atoms with Crippen LogP contribution in [0, 0.1) is 0 Å². The molecule has 1 aromatic rings. The van der Waals surface area contributed by atoms with Gasteiger partial charge in [-0.2, -0.15) is 0 Å². The number of unbranched alkanes of at least 4 members (excludes halogenated alkanes) is 5. The van der Waals surface area contributed by atoms with E-state index in [2.05, 4.69) is 65.6 Å². The predicted octanol–water partition coefficient (Wildman–Crippen LogP) is 8.06. The zero-order valence-electron chi connectivity index (χ0n) is 23.5. The van der Waals surface area contributed by atoms with Crippen molar-refractivity contribution in [2.75, 3.05) is 19.0 Å². The van der Waals surface area contributed by atoms with Gasteiger partial charge in [-0.05, 0) is 69.6 Å². The van der Waals surface area contributed by atoms with Gasteiger partial charge in [-0.3, -0.25) is 4.79 Å². The number of rotatable bonds is 20. The number of ether oxygens (including phenoxy) is 2. The maximum absolute atomic E-state index is 12.6. The zero-order valence-corrected chi connectivity index (χ0v) is 23.5. The van der Waals surface area contributed by atoms with Gasteiger partial charge >= 0.3 is 5.97 Å². The molecule has 0 aromatic heterocycles. The molecule has 0 heterocycles. The van der Waals surface area contributed by atoms with Crippen molar-refractivity contribution in [3.05, 3.63) is 72.4 Å². The number of methoxy groups -OCH3 is 1. The van der Waals surface area contributed by atoms with Crippen molar-refractivity contribution in [3.8, 4) is 5.75 Å². The first-order valence-corrected chi connectivity index (χ1v) is 14.0. The number of allylic oxidation sites excluding steroid dienone is 8. The number of hydrogen-bond donors (Lipinski definition) is 2. The summed E-state index contributed by atoms with van der Waals surface area (Å²) < 4.78 is 10.4. The molecule has 2 N–H and O–H groups in total. The highest BCUT2D eigenvalue weighted by molar-refractivity contribution is 5.97. The normalized spacial score (nSPS) is 12.7. The molecular weight excluding hydrogens is 478 g/mol. The summed E-state index contributed by atoms with van der Waals surface area (Å²) in [5.74, 6) is -1.14. The van der Waals surface area contributed by atoms with E-state index in [0.717, 1.165) is 51.4 Å². The fourth-order valence-corrected chi connectivity index (χ4v) is 3.71. The Bertz CT molecular complexity index is 916. The fourth-order valence-electron chi connectivity index (χ4n) is 3.71. The first kappa shape index (κ1) is 32.9. The summed E-state index contributed by atoms with van der Waals surface area (Å²) in [4.78, 5) is 24.3. The molecule has 0 saturated carbocycles. The monoisotopic (exact) mass is 525 g/mol. The van der Waals surface area contributed by atoms with Gasteiger partial charge in [-0.15, -0.1) is 0 Å². The van der Waals surface area contributed by atoms with Gasteiger partial charge < -0.3 is 19.9 Å². The quantitative estimate of drug-likeness (QED) is 0.0778. The molecule has 38 heavy (non-hydrogen) atoms. The third-order valence-electron chi connectivity index (χ3n) is 5.89. The van der Waals surface area contributed by atoms with Crippen molar-refractivity contribution < 1.29 is 24.2 Å². The Morgan fingerprint density at radius 2 is 1.47 bits per heavy atom. The molecule has 0 saturated heterocycles. The summed E-state index contributed by atoms with van der Waals surface area (Å²) in [5.41, 5.74) is 0.407. The molecule has 0 fully saturated rings.